The number of nitrogen functional groups attached to an aromatic ring is 1. The molecule has 86 valence electrons. The molecular weight excluding hydrogens is 234 g/mol. The Morgan fingerprint density at radius 1 is 1.62 bits per heavy atom. The van der Waals surface area contributed by atoms with Gasteiger partial charge in [-0.05, 0) is 16.0 Å². The average Bonchev–Trinajstić information content (AvgIpc) is 2.17. The number of nitrogens with zero attached hydrogens (tertiary/aromatic N) is 2. The van der Waals surface area contributed by atoms with Crippen LogP contribution in [-0.2, 0) is 9.84 Å². The van der Waals surface area contributed by atoms with E-state index in [1.165, 1.54) is 0 Å². The van der Waals surface area contributed by atoms with E-state index in [9.17, 15) is 18.5 Å². The summed E-state index contributed by atoms with van der Waals surface area (Å²) in [4.78, 5) is 12.6. The fourth-order valence-electron chi connectivity index (χ4n) is 1.06. The molecule has 1 rings (SSSR count). The van der Waals surface area contributed by atoms with E-state index in [0.29, 0.717) is 0 Å². The van der Waals surface area contributed by atoms with Gasteiger partial charge in [-0.2, -0.15) is 0 Å². The summed E-state index contributed by atoms with van der Waals surface area (Å²) < 4.78 is 23.3. The van der Waals surface area contributed by atoms with Crippen molar-refractivity contribution in [2.24, 2.45) is 0 Å². The fourth-order valence-corrected chi connectivity index (χ4v) is 2.27. The van der Waals surface area contributed by atoms with Crippen LogP contribution in [0.25, 0.3) is 0 Å². The lowest BCUT2D eigenvalue weighted by Gasteiger charge is -2.02. The van der Waals surface area contributed by atoms with Crippen LogP contribution < -0.4 is 5.73 Å². The predicted octanol–water partition coefficient (Wildman–Crippen LogP) is 0.532. The number of hydrogen-bond donors (Lipinski definition) is 1. The number of nitro groups is 1. The molecule has 0 aliphatic heterocycles. The van der Waals surface area contributed by atoms with Gasteiger partial charge in [-0.3, -0.25) is 0 Å². The summed E-state index contributed by atoms with van der Waals surface area (Å²) in [5.74, 6) is -1.13. The molecule has 0 fully saturated rings. The number of rotatable bonds is 4. The zero-order valence-electron chi connectivity index (χ0n) is 8.16. The molecule has 2 N–H and O–H groups in total. The van der Waals surface area contributed by atoms with Gasteiger partial charge in [-0.1, -0.05) is 6.08 Å². The summed E-state index contributed by atoms with van der Waals surface area (Å²) in [5.41, 5.74) is 5.39. The third-order valence-electron chi connectivity index (χ3n) is 1.70. The van der Waals surface area contributed by atoms with Crippen molar-refractivity contribution in [3.8, 4) is 0 Å². The zero-order chi connectivity index (χ0) is 12.3. The van der Waals surface area contributed by atoms with E-state index in [-0.39, 0.29) is 5.69 Å². The molecule has 0 aliphatic rings. The zero-order valence-corrected chi connectivity index (χ0v) is 8.98. The summed E-state index contributed by atoms with van der Waals surface area (Å²) in [6, 6.07) is 1.02. The van der Waals surface area contributed by atoms with Gasteiger partial charge < -0.3 is 15.8 Å². The highest BCUT2D eigenvalue weighted by molar-refractivity contribution is 7.91. The molecule has 1 heterocycles. The first-order valence-electron chi connectivity index (χ1n) is 4.12. The smallest absolute Gasteiger partial charge is 0.382 e. The van der Waals surface area contributed by atoms with Gasteiger partial charge in [-0.25, -0.2) is 8.42 Å². The summed E-state index contributed by atoms with van der Waals surface area (Å²) in [5, 5.41) is 10.6. The van der Waals surface area contributed by atoms with E-state index >= 15 is 0 Å². The van der Waals surface area contributed by atoms with E-state index in [4.69, 9.17) is 5.73 Å². The summed E-state index contributed by atoms with van der Waals surface area (Å²) >= 11 is 0. The monoisotopic (exact) mass is 243 g/mol. The Labute approximate surface area is 91.7 Å². The first-order chi connectivity index (χ1) is 7.38. The molecule has 1 aromatic rings. The summed E-state index contributed by atoms with van der Waals surface area (Å²) in [6.45, 7) is 3.27. The number of aromatic nitrogens is 1. The first-order valence-corrected chi connectivity index (χ1v) is 5.77. The SMILES string of the molecule is C=CCS(=O)(=O)c1cc(N)cnc1[N+](=O)[O-]. The lowest BCUT2D eigenvalue weighted by Crippen LogP contribution is -2.09. The van der Waals surface area contributed by atoms with Gasteiger partial charge in [0.15, 0.2) is 20.9 Å². The maximum Gasteiger partial charge on any atom is 0.382 e. The summed E-state index contributed by atoms with van der Waals surface area (Å²) in [7, 11) is -3.81. The largest absolute Gasteiger partial charge is 0.396 e. The molecule has 8 heteroatoms. The maximum atomic E-state index is 11.6. The van der Waals surface area contributed by atoms with Crippen LogP contribution in [0.15, 0.2) is 29.8 Å². The van der Waals surface area contributed by atoms with Crippen molar-refractivity contribution >= 4 is 21.3 Å². The second-order valence-electron chi connectivity index (χ2n) is 2.92. The predicted molar refractivity (Wildman–Crippen MR) is 57.6 cm³/mol. The van der Waals surface area contributed by atoms with Gasteiger partial charge in [0.1, 0.15) is 0 Å². The molecule has 0 radical (unpaired) electrons. The first kappa shape index (κ1) is 12.1. The molecule has 16 heavy (non-hydrogen) atoms. The second kappa shape index (κ2) is 4.27. The lowest BCUT2D eigenvalue weighted by molar-refractivity contribution is -0.392. The summed E-state index contributed by atoms with van der Waals surface area (Å²) in [6.07, 6.45) is 2.17. The minimum absolute atomic E-state index is 0.0493. The van der Waals surface area contributed by atoms with Gasteiger partial charge in [0.2, 0.25) is 0 Å². The Morgan fingerprint density at radius 2 is 2.25 bits per heavy atom. The van der Waals surface area contributed by atoms with E-state index in [2.05, 4.69) is 11.6 Å². The number of hydrogen-bond acceptors (Lipinski definition) is 6. The molecule has 0 unspecified atom stereocenters. The molecule has 0 saturated heterocycles. The maximum absolute atomic E-state index is 11.6. The van der Waals surface area contributed by atoms with Crippen molar-refractivity contribution in [3.63, 3.8) is 0 Å². The van der Waals surface area contributed by atoms with Gasteiger partial charge >= 0.3 is 5.82 Å². The topological polar surface area (TPSA) is 116 Å². The van der Waals surface area contributed by atoms with Gasteiger partial charge in [0, 0.05) is 0 Å². The highest BCUT2D eigenvalue weighted by Crippen LogP contribution is 2.24. The van der Waals surface area contributed by atoms with Crippen LogP contribution in [0.4, 0.5) is 11.5 Å². The van der Waals surface area contributed by atoms with E-state index < -0.39 is 31.2 Å². The molecular formula is C8H9N3O4S. The van der Waals surface area contributed by atoms with Crippen molar-refractivity contribution in [2.75, 3.05) is 11.5 Å². The average molecular weight is 243 g/mol. The number of pyridine rings is 1. The van der Waals surface area contributed by atoms with Gasteiger partial charge in [0.25, 0.3) is 0 Å². The number of nitrogens with two attached hydrogens (primary N) is 1. The molecule has 0 bridgehead atoms. The van der Waals surface area contributed by atoms with Crippen LogP contribution in [-0.4, -0.2) is 24.1 Å². The van der Waals surface area contributed by atoms with Crippen LogP contribution in [0.5, 0.6) is 0 Å². The Kier molecular flexibility index (Phi) is 3.23. The van der Waals surface area contributed by atoms with Crippen LogP contribution in [0, 0.1) is 10.1 Å². The minimum Gasteiger partial charge on any atom is -0.396 e. The van der Waals surface area contributed by atoms with Crippen LogP contribution in [0.2, 0.25) is 0 Å². The molecule has 0 saturated carbocycles. The van der Waals surface area contributed by atoms with Crippen molar-refractivity contribution in [1.82, 2.24) is 4.98 Å². The standard InChI is InChI=1S/C8H9N3O4S/c1-2-3-16(14,15)7-4-6(9)5-10-8(7)11(12)13/h2,4-5H,1,3,9H2. The molecule has 0 amide bonds. The minimum atomic E-state index is -3.81. The van der Waals surface area contributed by atoms with Crippen LogP contribution in [0.3, 0.4) is 0 Å². The Balaban J connectivity index is 3.47. The van der Waals surface area contributed by atoms with Gasteiger partial charge in [0.05, 0.1) is 11.4 Å². The van der Waals surface area contributed by atoms with Crippen molar-refractivity contribution in [1.29, 1.82) is 0 Å². The molecule has 7 nitrogen and oxygen atoms in total. The molecule has 0 aliphatic carbocycles. The van der Waals surface area contributed by atoms with Gasteiger partial charge in [-0.15, -0.1) is 6.58 Å². The fraction of sp³-hybridized carbons (Fsp3) is 0.125. The third kappa shape index (κ3) is 2.34. The Morgan fingerprint density at radius 3 is 2.75 bits per heavy atom. The Hall–Kier alpha value is -1.96. The van der Waals surface area contributed by atoms with E-state index in [1.807, 2.05) is 0 Å². The molecule has 0 atom stereocenters. The van der Waals surface area contributed by atoms with Crippen molar-refractivity contribution in [2.45, 2.75) is 4.90 Å². The molecule has 1 aromatic heterocycles. The van der Waals surface area contributed by atoms with Crippen molar-refractivity contribution in [3.05, 3.63) is 35.0 Å². The van der Waals surface area contributed by atoms with E-state index in [0.717, 1.165) is 18.3 Å². The molecule has 0 spiro atoms. The molecule has 0 aromatic carbocycles. The quantitative estimate of drug-likeness (QED) is 0.468. The Bertz CT molecular complexity index is 538. The van der Waals surface area contributed by atoms with Crippen molar-refractivity contribution < 1.29 is 13.3 Å². The number of sulfone groups is 1. The van der Waals surface area contributed by atoms with Crippen LogP contribution in [0.1, 0.15) is 0 Å². The third-order valence-corrected chi connectivity index (χ3v) is 3.34. The highest BCUT2D eigenvalue weighted by Gasteiger charge is 2.26. The second-order valence-corrected chi connectivity index (χ2v) is 4.92. The normalized spacial score (nSPS) is 11.0. The highest BCUT2D eigenvalue weighted by atomic mass is 32.2. The lowest BCUT2D eigenvalue weighted by atomic mass is 10.4. The van der Waals surface area contributed by atoms with Crippen LogP contribution >= 0.6 is 0 Å². The number of anilines is 1. The van der Waals surface area contributed by atoms with E-state index in [1.54, 1.807) is 0 Å².